The summed E-state index contributed by atoms with van der Waals surface area (Å²) in [7, 11) is 0. The Kier molecular flexibility index (Phi) is 6.67. The summed E-state index contributed by atoms with van der Waals surface area (Å²) in [5.74, 6) is -0.0494. The first kappa shape index (κ1) is 19.1. The summed E-state index contributed by atoms with van der Waals surface area (Å²) in [6.45, 7) is 7.42. The Labute approximate surface area is 149 Å². The zero-order valence-electron chi connectivity index (χ0n) is 15.2. The minimum atomic E-state index is -0.834. The molecular formula is C19H28N2O4. The largest absolute Gasteiger partial charge is 0.489 e. The summed E-state index contributed by atoms with van der Waals surface area (Å²) >= 11 is 0. The third kappa shape index (κ3) is 5.66. The van der Waals surface area contributed by atoms with Gasteiger partial charge in [-0.05, 0) is 43.4 Å². The Morgan fingerprint density at radius 3 is 2.56 bits per heavy atom. The number of carbonyl (C=O) groups is 2. The van der Waals surface area contributed by atoms with Crippen LogP contribution in [0.1, 0.15) is 45.1 Å². The number of carbonyl (C=O) groups excluding carboxylic acids is 1. The first-order valence-electron chi connectivity index (χ1n) is 8.89. The molecule has 1 aromatic rings. The molecule has 2 unspecified atom stereocenters. The lowest BCUT2D eigenvalue weighted by Crippen LogP contribution is -2.48. The van der Waals surface area contributed by atoms with Gasteiger partial charge in [0.2, 0.25) is 0 Å². The lowest BCUT2D eigenvalue weighted by atomic mass is 9.99. The number of nitrogens with zero attached hydrogens (tertiary/aromatic N) is 1. The summed E-state index contributed by atoms with van der Waals surface area (Å²) in [6, 6.07) is 7.75. The van der Waals surface area contributed by atoms with E-state index in [-0.39, 0.29) is 18.7 Å². The van der Waals surface area contributed by atoms with Crippen molar-refractivity contribution >= 4 is 12.0 Å². The molecule has 0 spiro atoms. The Morgan fingerprint density at radius 2 is 1.96 bits per heavy atom. The molecule has 2 atom stereocenters. The molecule has 1 fully saturated rings. The first-order chi connectivity index (χ1) is 11.9. The number of carboxylic acid groups (broad SMARTS) is 1. The van der Waals surface area contributed by atoms with Crippen LogP contribution in [0.5, 0.6) is 5.75 Å². The second-order valence-electron chi connectivity index (χ2n) is 6.96. The van der Waals surface area contributed by atoms with Gasteiger partial charge in [-0.1, -0.05) is 26.0 Å². The van der Waals surface area contributed by atoms with Crippen LogP contribution in [0.3, 0.4) is 0 Å². The summed E-state index contributed by atoms with van der Waals surface area (Å²) < 4.78 is 5.82. The van der Waals surface area contributed by atoms with E-state index in [2.05, 4.69) is 19.2 Å². The minimum Gasteiger partial charge on any atom is -0.489 e. The van der Waals surface area contributed by atoms with E-state index in [0.717, 1.165) is 12.2 Å². The average Bonchev–Trinajstić information content (AvgIpc) is 2.60. The summed E-state index contributed by atoms with van der Waals surface area (Å²) in [6.07, 6.45) is 1.18. The maximum atomic E-state index is 12.2. The Morgan fingerprint density at radius 1 is 1.28 bits per heavy atom. The zero-order valence-corrected chi connectivity index (χ0v) is 15.2. The summed E-state index contributed by atoms with van der Waals surface area (Å²) in [5, 5.41) is 11.9. The smallest absolute Gasteiger partial charge is 0.317 e. The molecule has 1 aromatic carbocycles. The van der Waals surface area contributed by atoms with E-state index in [9.17, 15) is 9.59 Å². The van der Waals surface area contributed by atoms with Gasteiger partial charge in [0.1, 0.15) is 11.9 Å². The number of carboxylic acids is 1. The summed E-state index contributed by atoms with van der Waals surface area (Å²) in [5.41, 5.74) is 1.26. The number of likely N-dealkylation sites (tertiary alicyclic amines) is 1. The van der Waals surface area contributed by atoms with E-state index in [0.29, 0.717) is 25.4 Å². The number of nitrogens with one attached hydrogen (secondary N) is 1. The van der Waals surface area contributed by atoms with Crippen LogP contribution in [0, 0.1) is 5.92 Å². The number of rotatable bonds is 6. The molecule has 2 N–H and O–H groups in total. The van der Waals surface area contributed by atoms with Crippen molar-refractivity contribution in [3.8, 4) is 5.75 Å². The number of piperidine rings is 1. The first-order valence-corrected chi connectivity index (χ1v) is 8.89. The number of urea groups is 1. The molecule has 138 valence electrons. The van der Waals surface area contributed by atoms with Gasteiger partial charge in [-0.15, -0.1) is 0 Å². The third-order valence-electron chi connectivity index (χ3n) is 4.48. The van der Waals surface area contributed by atoms with Crippen LogP contribution in [0.15, 0.2) is 24.3 Å². The average molecular weight is 348 g/mol. The van der Waals surface area contributed by atoms with E-state index in [1.54, 1.807) is 4.90 Å². The van der Waals surface area contributed by atoms with Crippen molar-refractivity contribution in [1.29, 1.82) is 0 Å². The standard InChI is InChI=1S/C19H28N2O4/c1-13(2)15-6-8-17(9-7-15)25-14(3)11-20-19(24)21-10-4-5-16(12-21)18(22)23/h6-9,13-14,16H,4-5,10-12H2,1-3H3,(H,20,24)(H,22,23). The summed E-state index contributed by atoms with van der Waals surface area (Å²) in [4.78, 5) is 24.9. The van der Waals surface area contributed by atoms with Crippen LogP contribution >= 0.6 is 0 Å². The van der Waals surface area contributed by atoms with Crippen LogP contribution in [0.4, 0.5) is 4.79 Å². The van der Waals surface area contributed by atoms with Crippen LogP contribution in [-0.2, 0) is 4.79 Å². The highest BCUT2D eigenvalue weighted by Crippen LogP contribution is 2.19. The van der Waals surface area contributed by atoms with Gasteiger partial charge in [0, 0.05) is 13.1 Å². The van der Waals surface area contributed by atoms with Crippen molar-refractivity contribution in [2.45, 2.75) is 45.6 Å². The van der Waals surface area contributed by atoms with Crippen molar-refractivity contribution in [3.63, 3.8) is 0 Å². The fourth-order valence-corrected chi connectivity index (χ4v) is 2.91. The number of hydrogen-bond acceptors (Lipinski definition) is 3. The number of benzene rings is 1. The number of amides is 2. The maximum Gasteiger partial charge on any atom is 0.317 e. The van der Waals surface area contributed by atoms with Crippen molar-refractivity contribution in [1.82, 2.24) is 10.2 Å². The molecule has 0 aromatic heterocycles. The molecule has 25 heavy (non-hydrogen) atoms. The monoisotopic (exact) mass is 348 g/mol. The van der Waals surface area contributed by atoms with E-state index >= 15 is 0 Å². The maximum absolute atomic E-state index is 12.2. The van der Waals surface area contributed by atoms with Gasteiger partial charge in [0.15, 0.2) is 0 Å². The molecule has 1 heterocycles. The van der Waals surface area contributed by atoms with E-state index in [4.69, 9.17) is 9.84 Å². The van der Waals surface area contributed by atoms with Gasteiger partial charge in [-0.2, -0.15) is 0 Å². The highest BCUT2D eigenvalue weighted by Gasteiger charge is 2.28. The fourth-order valence-electron chi connectivity index (χ4n) is 2.91. The number of hydrogen-bond donors (Lipinski definition) is 2. The fraction of sp³-hybridized carbons (Fsp3) is 0.579. The Balaban J connectivity index is 1.78. The van der Waals surface area contributed by atoms with Crippen LogP contribution in [0.2, 0.25) is 0 Å². The molecule has 2 rings (SSSR count). The molecule has 0 radical (unpaired) electrons. The SMILES string of the molecule is CC(CNC(=O)N1CCCC(C(=O)O)C1)Oc1ccc(C(C)C)cc1. The second-order valence-corrected chi connectivity index (χ2v) is 6.96. The molecular weight excluding hydrogens is 320 g/mol. The van der Waals surface area contributed by atoms with Crippen molar-refractivity contribution in [3.05, 3.63) is 29.8 Å². The van der Waals surface area contributed by atoms with Gasteiger partial charge < -0.3 is 20.1 Å². The molecule has 0 aliphatic carbocycles. The normalized spacial score (nSPS) is 18.7. The van der Waals surface area contributed by atoms with Gasteiger partial charge in [0.05, 0.1) is 12.5 Å². The highest BCUT2D eigenvalue weighted by molar-refractivity contribution is 5.76. The van der Waals surface area contributed by atoms with Gasteiger partial charge in [-0.25, -0.2) is 4.79 Å². The quantitative estimate of drug-likeness (QED) is 0.828. The molecule has 2 amide bonds. The molecule has 0 saturated carbocycles. The van der Waals surface area contributed by atoms with Gasteiger partial charge >= 0.3 is 12.0 Å². The van der Waals surface area contributed by atoms with Crippen LogP contribution < -0.4 is 10.1 Å². The van der Waals surface area contributed by atoms with E-state index in [1.807, 2.05) is 31.2 Å². The van der Waals surface area contributed by atoms with Crippen molar-refractivity contribution in [2.24, 2.45) is 5.92 Å². The molecule has 1 aliphatic rings. The van der Waals surface area contributed by atoms with Crippen molar-refractivity contribution in [2.75, 3.05) is 19.6 Å². The zero-order chi connectivity index (χ0) is 18.4. The molecule has 1 aliphatic heterocycles. The Hall–Kier alpha value is -2.24. The van der Waals surface area contributed by atoms with Crippen LogP contribution in [-0.4, -0.2) is 47.7 Å². The minimum absolute atomic E-state index is 0.172. The Bertz CT molecular complexity index is 586. The molecule has 0 bridgehead atoms. The predicted octanol–water partition coefficient (Wildman–Crippen LogP) is 3.08. The molecule has 6 heteroatoms. The van der Waals surface area contributed by atoms with Crippen molar-refractivity contribution < 1.29 is 19.4 Å². The predicted molar refractivity (Wildman–Crippen MR) is 96.0 cm³/mol. The number of ether oxygens (including phenoxy) is 1. The lowest BCUT2D eigenvalue weighted by Gasteiger charge is -2.31. The highest BCUT2D eigenvalue weighted by atomic mass is 16.5. The number of aliphatic carboxylic acids is 1. The third-order valence-corrected chi connectivity index (χ3v) is 4.48. The second kappa shape index (κ2) is 8.74. The van der Waals surface area contributed by atoms with Gasteiger partial charge in [0.25, 0.3) is 0 Å². The van der Waals surface area contributed by atoms with E-state index < -0.39 is 11.9 Å². The van der Waals surface area contributed by atoms with E-state index in [1.165, 1.54) is 5.56 Å². The lowest BCUT2D eigenvalue weighted by molar-refractivity contribution is -0.143. The van der Waals surface area contributed by atoms with Crippen LogP contribution in [0.25, 0.3) is 0 Å². The molecule has 6 nitrogen and oxygen atoms in total. The topological polar surface area (TPSA) is 78.9 Å². The van der Waals surface area contributed by atoms with Gasteiger partial charge in [-0.3, -0.25) is 4.79 Å². The molecule has 1 saturated heterocycles.